The Morgan fingerprint density at radius 1 is 1.22 bits per heavy atom. The Kier molecular flexibility index (Phi) is 2.74. The first kappa shape index (κ1) is 11.2. The first-order valence-corrected chi connectivity index (χ1v) is 6.20. The Morgan fingerprint density at radius 3 is 2.94 bits per heavy atom. The highest BCUT2D eigenvalue weighted by molar-refractivity contribution is 5.98. The van der Waals surface area contributed by atoms with E-state index in [1.165, 1.54) is 12.1 Å². The van der Waals surface area contributed by atoms with E-state index in [0.717, 1.165) is 29.7 Å². The van der Waals surface area contributed by atoms with Crippen molar-refractivity contribution in [2.45, 2.75) is 25.8 Å². The Hall–Kier alpha value is -1.90. The van der Waals surface area contributed by atoms with Crippen LogP contribution in [0.15, 0.2) is 36.5 Å². The third-order valence-corrected chi connectivity index (χ3v) is 3.44. The van der Waals surface area contributed by atoms with Crippen LogP contribution in [0.4, 0.5) is 4.39 Å². The van der Waals surface area contributed by atoms with E-state index in [9.17, 15) is 9.18 Å². The average molecular weight is 243 g/mol. The van der Waals surface area contributed by atoms with Crippen molar-refractivity contribution in [3.05, 3.63) is 59.2 Å². The zero-order chi connectivity index (χ0) is 12.5. The van der Waals surface area contributed by atoms with Crippen molar-refractivity contribution in [3.63, 3.8) is 0 Å². The van der Waals surface area contributed by atoms with Gasteiger partial charge in [0.1, 0.15) is 5.82 Å². The van der Waals surface area contributed by atoms with Gasteiger partial charge < -0.3 is 4.57 Å². The van der Waals surface area contributed by atoms with E-state index in [4.69, 9.17) is 0 Å². The van der Waals surface area contributed by atoms with Crippen LogP contribution in [0.3, 0.4) is 0 Å². The summed E-state index contributed by atoms with van der Waals surface area (Å²) in [4.78, 5) is 11.7. The van der Waals surface area contributed by atoms with E-state index in [0.29, 0.717) is 13.0 Å². The van der Waals surface area contributed by atoms with E-state index >= 15 is 0 Å². The minimum absolute atomic E-state index is 0.218. The second-order valence-corrected chi connectivity index (χ2v) is 4.71. The summed E-state index contributed by atoms with van der Waals surface area (Å²) in [6, 6.07) is 8.48. The number of rotatable bonds is 2. The van der Waals surface area contributed by atoms with E-state index in [1.54, 1.807) is 6.07 Å². The highest BCUT2D eigenvalue weighted by Crippen LogP contribution is 2.23. The van der Waals surface area contributed by atoms with Crippen LogP contribution in [-0.4, -0.2) is 10.4 Å². The zero-order valence-electron chi connectivity index (χ0n) is 10.0. The van der Waals surface area contributed by atoms with Gasteiger partial charge in [-0.25, -0.2) is 4.39 Å². The highest BCUT2D eigenvalue weighted by atomic mass is 19.1. The van der Waals surface area contributed by atoms with Gasteiger partial charge in [-0.15, -0.1) is 0 Å². The monoisotopic (exact) mass is 243 g/mol. The highest BCUT2D eigenvalue weighted by Gasteiger charge is 2.20. The maximum absolute atomic E-state index is 13.1. The maximum Gasteiger partial charge on any atom is 0.164 e. The molecule has 0 saturated carbocycles. The number of halogens is 1. The molecule has 1 aliphatic carbocycles. The number of carbonyl (C=O) groups excluding carboxylic acids is 1. The fraction of sp³-hybridized carbons (Fsp3) is 0.267. The van der Waals surface area contributed by atoms with Crippen LogP contribution in [0, 0.1) is 5.82 Å². The van der Waals surface area contributed by atoms with Crippen molar-refractivity contribution in [1.82, 2.24) is 4.57 Å². The summed E-state index contributed by atoms with van der Waals surface area (Å²) >= 11 is 0. The first-order valence-electron chi connectivity index (χ1n) is 6.20. The molecule has 0 amide bonds. The Labute approximate surface area is 105 Å². The standard InChI is InChI=1S/C15H14FNO/c16-12-4-1-3-11(9-12)10-17-8-7-13-14(17)5-2-6-15(13)18/h1,3-4,7-9H,2,5-6,10H2. The predicted molar refractivity (Wildman–Crippen MR) is 67.2 cm³/mol. The molecule has 0 unspecified atom stereocenters. The van der Waals surface area contributed by atoms with Crippen LogP contribution in [0.2, 0.25) is 0 Å². The molecule has 3 heteroatoms. The van der Waals surface area contributed by atoms with Crippen molar-refractivity contribution in [2.75, 3.05) is 0 Å². The van der Waals surface area contributed by atoms with Crippen molar-refractivity contribution in [2.24, 2.45) is 0 Å². The van der Waals surface area contributed by atoms with Crippen LogP contribution in [0.1, 0.15) is 34.5 Å². The van der Waals surface area contributed by atoms with Gasteiger partial charge in [0, 0.05) is 30.4 Å². The number of nitrogens with zero attached hydrogens (tertiary/aromatic N) is 1. The lowest BCUT2D eigenvalue weighted by Crippen LogP contribution is -2.13. The van der Waals surface area contributed by atoms with Gasteiger partial charge in [0.25, 0.3) is 0 Å². The smallest absolute Gasteiger partial charge is 0.164 e. The van der Waals surface area contributed by atoms with Crippen LogP contribution in [0.5, 0.6) is 0 Å². The van der Waals surface area contributed by atoms with Crippen LogP contribution in [-0.2, 0) is 13.0 Å². The van der Waals surface area contributed by atoms with Gasteiger partial charge in [0.15, 0.2) is 5.78 Å². The van der Waals surface area contributed by atoms with Gasteiger partial charge in [-0.3, -0.25) is 4.79 Å². The van der Waals surface area contributed by atoms with Gasteiger partial charge in [-0.05, 0) is 36.6 Å². The quantitative estimate of drug-likeness (QED) is 0.794. The van der Waals surface area contributed by atoms with Gasteiger partial charge >= 0.3 is 0 Å². The number of fused-ring (bicyclic) bond motifs is 1. The molecule has 1 aromatic carbocycles. The molecule has 1 heterocycles. The second-order valence-electron chi connectivity index (χ2n) is 4.71. The number of benzene rings is 1. The first-order chi connectivity index (χ1) is 8.74. The third kappa shape index (κ3) is 1.96. The molecule has 0 spiro atoms. The summed E-state index contributed by atoms with van der Waals surface area (Å²) in [5, 5.41) is 0. The molecule has 0 bridgehead atoms. The Bertz CT molecular complexity index is 600. The lowest BCUT2D eigenvalue weighted by molar-refractivity contribution is 0.0972. The number of hydrogen-bond acceptors (Lipinski definition) is 1. The van der Waals surface area contributed by atoms with Gasteiger partial charge in [-0.1, -0.05) is 12.1 Å². The molecule has 18 heavy (non-hydrogen) atoms. The van der Waals surface area contributed by atoms with Crippen molar-refractivity contribution >= 4 is 5.78 Å². The summed E-state index contributed by atoms with van der Waals surface area (Å²) in [5.74, 6) is 0.0128. The normalized spacial score (nSPS) is 14.6. The molecule has 0 fully saturated rings. The predicted octanol–water partition coefficient (Wildman–Crippen LogP) is 3.19. The van der Waals surface area contributed by atoms with E-state index in [-0.39, 0.29) is 11.6 Å². The minimum atomic E-state index is -0.218. The summed E-state index contributed by atoms with van der Waals surface area (Å²) in [7, 11) is 0. The Morgan fingerprint density at radius 2 is 2.11 bits per heavy atom. The summed E-state index contributed by atoms with van der Waals surface area (Å²) in [5.41, 5.74) is 2.86. The molecular weight excluding hydrogens is 229 g/mol. The molecule has 2 nitrogen and oxygen atoms in total. The number of ketones is 1. The molecule has 0 atom stereocenters. The molecule has 0 aliphatic heterocycles. The van der Waals surface area contributed by atoms with E-state index in [2.05, 4.69) is 4.57 Å². The molecule has 0 saturated heterocycles. The maximum atomic E-state index is 13.1. The van der Waals surface area contributed by atoms with Crippen LogP contribution >= 0.6 is 0 Å². The lowest BCUT2D eigenvalue weighted by atomic mass is 9.97. The number of hydrogen-bond donors (Lipinski definition) is 0. The molecular formula is C15H14FNO. The molecule has 3 rings (SSSR count). The number of Topliss-reactive ketones (excluding diaryl/α,β-unsaturated/α-hetero) is 1. The van der Waals surface area contributed by atoms with Crippen molar-refractivity contribution < 1.29 is 9.18 Å². The van der Waals surface area contributed by atoms with E-state index < -0.39 is 0 Å². The summed E-state index contributed by atoms with van der Waals surface area (Å²) in [6.07, 6.45) is 4.43. The van der Waals surface area contributed by atoms with E-state index in [1.807, 2.05) is 18.3 Å². The molecule has 92 valence electrons. The Balaban J connectivity index is 1.92. The average Bonchev–Trinajstić information content (AvgIpc) is 2.74. The largest absolute Gasteiger partial charge is 0.346 e. The molecule has 0 radical (unpaired) electrons. The van der Waals surface area contributed by atoms with Gasteiger partial charge in [-0.2, -0.15) is 0 Å². The van der Waals surface area contributed by atoms with Crippen LogP contribution < -0.4 is 0 Å². The third-order valence-electron chi connectivity index (χ3n) is 3.44. The fourth-order valence-corrected chi connectivity index (χ4v) is 2.57. The molecule has 1 aliphatic rings. The lowest BCUT2D eigenvalue weighted by Gasteiger charge is -2.15. The molecule has 1 aromatic heterocycles. The summed E-state index contributed by atoms with van der Waals surface area (Å²) in [6.45, 7) is 0.625. The topological polar surface area (TPSA) is 22.0 Å². The minimum Gasteiger partial charge on any atom is -0.346 e. The van der Waals surface area contributed by atoms with Crippen LogP contribution in [0.25, 0.3) is 0 Å². The van der Waals surface area contributed by atoms with Crippen molar-refractivity contribution in [3.8, 4) is 0 Å². The SMILES string of the molecule is O=C1CCCc2c1ccn2Cc1cccc(F)c1. The number of aromatic nitrogens is 1. The van der Waals surface area contributed by atoms with Crippen molar-refractivity contribution in [1.29, 1.82) is 0 Å². The molecule has 2 aromatic rings. The number of carbonyl (C=O) groups is 1. The van der Waals surface area contributed by atoms with Gasteiger partial charge in [0.2, 0.25) is 0 Å². The van der Waals surface area contributed by atoms with Gasteiger partial charge in [0.05, 0.1) is 0 Å². The summed E-state index contributed by atoms with van der Waals surface area (Å²) < 4.78 is 15.2. The second kappa shape index (κ2) is 4.41. The molecule has 0 N–H and O–H groups in total. The fourth-order valence-electron chi connectivity index (χ4n) is 2.57. The zero-order valence-corrected chi connectivity index (χ0v) is 10.0.